The molecule has 0 radical (unpaired) electrons. The van der Waals surface area contributed by atoms with Crippen molar-refractivity contribution in [2.24, 2.45) is 9.98 Å². The van der Waals surface area contributed by atoms with Crippen molar-refractivity contribution in [2.45, 2.75) is 0 Å². The summed E-state index contributed by atoms with van der Waals surface area (Å²) in [5, 5.41) is 3.42. The molecule has 2 aromatic rings. The van der Waals surface area contributed by atoms with Gasteiger partial charge in [0, 0.05) is 22.6 Å². The smallest absolute Gasteiger partial charge is 0.267 e. The molecule has 4 nitrogen and oxygen atoms in total. The maximum atomic E-state index is 10.7. The van der Waals surface area contributed by atoms with Crippen LogP contribution in [0.2, 0.25) is 0 Å². The fourth-order valence-corrected chi connectivity index (χ4v) is 1.99. The molecule has 0 atom stereocenters. The summed E-state index contributed by atoms with van der Waals surface area (Å²) in [5.41, 5.74) is 0. The number of carbonyl (C=O) groups excluding carboxylic acids is 2. The Morgan fingerprint density at radius 2 is 1.00 bits per heavy atom. The quantitative estimate of drug-likeness (QED) is 0.627. The zero-order valence-corrected chi connectivity index (χ0v) is 10.5. The van der Waals surface area contributed by atoms with E-state index in [0.29, 0.717) is 0 Å². The van der Waals surface area contributed by atoms with Crippen LogP contribution in [0.15, 0.2) is 58.5 Å². The lowest BCUT2D eigenvalue weighted by molar-refractivity contribution is -0.113. The molecule has 0 N–H and O–H groups in total. The summed E-state index contributed by atoms with van der Waals surface area (Å²) in [6, 6.07) is 14.9. The van der Waals surface area contributed by atoms with Crippen molar-refractivity contribution in [3.8, 4) is 0 Å². The number of benzene rings is 2. The molecule has 2 amide bonds. The van der Waals surface area contributed by atoms with Crippen molar-refractivity contribution in [3.05, 3.63) is 69.7 Å². The second-order valence-electron chi connectivity index (χ2n) is 4.31. The van der Waals surface area contributed by atoms with Crippen LogP contribution < -0.4 is 21.2 Å². The molecule has 0 saturated carbocycles. The monoisotopic (exact) mass is 262 g/mol. The Morgan fingerprint density at radius 3 is 1.40 bits per heavy atom. The minimum atomic E-state index is -0.152. The van der Waals surface area contributed by atoms with E-state index in [4.69, 9.17) is 0 Å². The molecule has 0 spiro atoms. The molecule has 2 heterocycles. The minimum absolute atomic E-state index is 0.152. The molecule has 2 aromatic carbocycles. The average Bonchev–Trinajstić information content (AvgIpc) is 2.99. The number of hydrogen-bond acceptors (Lipinski definition) is 2. The van der Waals surface area contributed by atoms with Crippen LogP contribution in [-0.2, 0) is 9.59 Å². The van der Waals surface area contributed by atoms with Gasteiger partial charge in [0.2, 0.25) is 0 Å². The molecule has 96 valence electrons. The number of amides is 2. The van der Waals surface area contributed by atoms with Crippen molar-refractivity contribution >= 4 is 24.0 Å². The molecule has 2 aliphatic heterocycles. The zero-order valence-electron chi connectivity index (χ0n) is 10.5. The van der Waals surface area contributed by atoms with Crippen molar-refractivity contribution in [3.63, 3.8) is 0 Å². The van der Waals surface area contributed by atoms with Crippen LogP contribution in [-0.4, -0.2) is 11.8 Å². The molecule has 0 bridgehead atoms. The highest BCUT2D eigenvalue weighted by Crippen LogP contribution is 1.82. The summed E-state index contributed by atoms with van der Waals surface area (Å²) in [6.45, 7) is 0. The van der Waals surface area contributed by atoms with Crippen molar-refractivity contribution in [2.75, 3.05) is 0 Å². The van der Waals surface area contributed by atoms with Crippen LogP contribution in [0.5, 0.6) is 0 Å². The third-order valence-corrected chi connectivity index (χ3v) is 2.89. The Hall–Kier alpha value is -2.88. The molecule has 0 aliphatic carbocycles. The van der Waals surface area contributed by atoms with Crippen LogP contribution in [0, 0.1) is 0 Å². The summed E-state index contributed by atoms with van der Waals surface area (Å²) in [5.74, 6) is -0.303. The number of rotatable bonds is 0. The summed E-state index contributed by atoms with van der Waals surface area (Å²) in [6.07, 6.45) is 3.07. The van der Waals surface area contributed by atoms with Gasteiger partial charge in [-0.2, -0.15) is 0 Å². The summed E-state index contributed by atoms with van der Waals surface area (Å²) in [4.78, 5) is 28.9. The van der Waals surface area contributed by atoms with Crippen LogP contribution in [0.3, 0.4) is 0 Å². The van der Waals surface area contributed by atoms with Gasteiger partial charge in [-0.15, -0.1) is 0 Å². The molecule has 0 unspecified atom stereocenters. The van der Waals surface area contributed by atoms with Gasteiger partial charge in [-0.05, 0) is 12.1 Å². The zero-order chi connectivity index (χ0) is 13.9. The number of nitrogens with zero attached hydrogens (tertiary/aromatic N) is 2. The molecule has 20 heavy (non-hydrogen) atoms. The fraction of sp³-hybridized carbons (Fsp3) is 0. The highest BCUT2D eigenvalue weighted by atomic mass is 16.1. The first-order valence-corrected chi connectivity index (χ1v) is 6.11. The number of hydrogen-bond donors (Lipinski definition) is 0. The van der Waals surface area contributed by atoms with Gasteiger partial charge in [-0.1, -0.05) is 36.4 Å². The van der Waals surface area contributed by atoms with Crippen LogP contribution in [0.4, 0.5) is 0 Å². The molecule has 0 aromatic heterocycles. The molecule has 0 fully saturated rings. The van der Waals surface area contributed by atoms with E-state index in [1.54, 1.807) is 0 Å². The Balaban J connectivity index is 0.000000121. The van der Waals surface area contributed by atoms with Gasteiger partial charge < -0.3 is 0 Å². The highest BCUT2D eigenvalue weighted by Gasteiger charge is 2.00. The van der Waals surface area contributed by atoms with Gasteiger partial charge >= 0.3 is 0 Å². The predicted molar refractivity (Wildman–Crippen MR) is 73.4 cm³/mol. The standard InChI is InChI=1S/2C8H5NO/c2*10-8-5-6-3-1-2-4-7(6)9-8/h2*1-5H. The Bertz CT molecular complexity index is 789. The normalized spacial score (nSPS) is 13.8. The molecular formula is C16H10N2O2. The first-order valence-electron chi connectivity index (χ1n) is 6.11. The van der Waals surface area contributed by atoms with Gasteiger partial charge in [-0.25, -0.2) is 9.98 Å². The van der Waals surface area contributed by atoms with Crippen LogP contribution in [0.1, 0.15) is 0 Å². The number of fused-ring (bicyclic) bond motifs is 2. The minimum Gasteiger partial charge on any atom is -0.267 e. The van der Waals surface area contributed by atoms with Crippen molar-refractivity contribution in [1.82, 2.24) is 0 Å². The molecule has 4 heteroatoms. The molecular weight excluding hydrogens is 252 g/mol. The Kier molecular flexibility index (Phi) is 3.05. The lowest BCUT2D eigenvalue weighted by Gasteiger charge is -1.77. The SMILES string of the molecule is O=C1C=c2ccccc2=N1.O=C1C=c2ccccc2=N1. The highest BCUT2D eigenvalue weighted by molar-refractivity contribution is 6.06. The average molecular weight is 262 g/mol. The van der Waals surface area contributed by atoms with Gasteiger partial charge in [0.15, 0.2) is 0 Å². The first kappa shape index (κ1) is 12.2. The summed E-state index contributed by atoms with van der Waals surface area (Å²) in [7, 11) is 0. The van der Waals surface area contributed by atoms with Gasteiger partial charge in [0.1, 0.15) is 0 Å². The predicted octanol–water partition coefficient (Wildman–Crippen LogP) is -0.746. The van der Waals surface area contributed by atoms with Crippen LogP contribution in [0.25, 0.3) is 12.2 Å². The molecule has 2 aliphatic rings. The number of carbonyl (C=O) groups is 2. The largest absolute Gasteiger partial charge is 0.270 e. The van der Waals surface area contributed by atoms with Gasteiger partial charge in [-0.3, -0.25) is 9.59 Å². The van der Waals surface area contributed by atoms with Gasteiger partial charge in [0.25, 0.3) is 11.8 Å². The van der Waals surface area contributed by atoms with E-state index in [2.05, 4.69) is 9.98 Å². The van der Waals surface area contributed by atoms with E-state index < -0.39 is 0 Å². The summed E-state index contributed by atoms with van der Waals surface area (Å²) >= 11 is 0. The summed E-state index contributed by atoms with van der Waals surface area (Å²) < 4.78 is 0. The van der Waals surface area contributed by atoms with E-state index in [1.807, 2.05) is 48.5 Å². The second kappa shape index (κ2) is 5.01. The Labute approximate surface area is 114 Å². The maximum Gasteiger partial charge on any atom is 0.270 e. The second-order valence-corrected chi connectivity index (χ2v) is 4.31. The van der Waals surface area contributed by atoms with E-state index in [1.165, 1.54) is 12.2 Å². The lowest BCUT2D eigenvalue weighted by Crippen LogP contribution is -2.19. The van der Waals surface area contributed by atoms with Crippen LogP contribution >= 0.6 is 0 Å². The third-order valence-electron chi connectivity index (χ3n) is 2.89. The Morgan fingerprint density at radius 1 is 0.600 bits per heavy atom. The lowest BCUT2D eigenvalue weighted by atomic mass is 10.3. The number of para-hydroxylation sites is 2. The fourth-order valence-electron chi connectivity index (χ4n) is 1.99. The van der Waals surface area contributed by atoms with Gasteiger partial charge in [0.05, 0.1) is 10.7 Å². The maximum absolute atomic E-state index is 10.7. The first-order chi connectivity index (χ1) is 9.72. The third kappa shape index (κ3) is 2.44. The van der Waals surface area contributed by atoms with E-state index >= 15 is 0 Å². The van der Waals surface area contributed by atoms with Crippen molar-refractivity contribution < 1.29 is 9.59 Å². The van der Waals surface area contributed by atoms with Crippen molar-refractivity contribution in [1.29, 1.82) is 0 Å². The topological polar surface area (TPSA) is 58.9 Å². The van der Waals surface area contributed by atoms with E-state index in [0.717, 1.165) is 21.2 Å². The molecule has 0 saturated heterocycles. The molecule has 4 rings (SSSR count). The van der Waals surface area contributed by atoms with E-state index in [-0.39, 0.29) is 11.8 Å². The van der Waals surface area contributed by atoms with E-state index in [9.17, 15) is 9.59 Å².